The van der Waals surface area contributed by atoms with Crippen molar-refractivity contribution in [2.24, 2.45) is 0 Å². The SMILES string of the molecule is C=C(C)/C=C/C=C(C)/C=C/c1c(C)cccc1C. The fourth-order valence-corrected chi connectivity index (χ4v) is 1.72. The number of allylic oxidation sites excluding steroid dienone is 6. The lowest BCUT2D eigenvalue weighted by atomic mass is 10.0. The molecule has 0 saturated carbocycles. The molecule has 0 N–H and O–H groups in total. The normalized spacial score (nSPS) is 12.6. The van der Waals surface area contributed by atoms with Gasteiger partial charge in [-0.15, -0.1) is 0 Å². The van der Waals surface area contributed by atoms with Gasteiger partial charge in [0, 0.05) is 0 Å². The second-order valence-corrected chi connectivity index (χ2v) is 4.75. The number of hydrogen-bond donors (Lipinski definition) is 0. The van der Waals surface area contributed by atoms with Crippen molar-refractivity contribution in [3.63, 3.8) is 0 Å². The van der Waals surface area contributed by atoms with E-state index in [0.29, 0.717) is 0 Å². The van der Waals surface area contributed by atoms with Crippen molar-refractivity contribution < 1.29 is 0 Å². The molecule has 0 nitrogen and oxygen atoms in total. The van der Waals surface area contributed by atoms with Gasteiger partial charge in [0.1, 0.15) is 0 Å². The molecule has 1 aromatic carbocycles. The molecule has 18 heavy (non-hydrogen) atoms. The Balaban J connectivity index is 2.84. The highest BCUT2D eigenvalue weighted by molar-refractivity contribution is 5.59. The van der Waals surface area contributed by atoms with Gasteiger partial charge in [-0.2, -0.15) is 0 Å². The third kappa shape index (κ3) is 4.58. The standard InChI is InChI=1S/C18H22/c1-14(2)8-6-9-15(3)12-13-18-16(4)10-7-11-17(18)5/h6-13H,1H2,2-5H3/b8-6+,13-12+,15-9+. The van der Waals surface area contributed by atoms with E-state index >= 15 is 0 Å². The predicted octanol–water partition coefficient (Wildman–Crippen LogP) is 5.40. The Morgan fingerprint density at radius 3 is 2.22 bits per heavy atom. The third-order valence-corrected chi connectivity index (χ3v) is 2.79. The molecule has 0 spiro atoms. The third-order valence-electron chi connectivity index (χ3n) is 2.79. The first-order valence-electron chi connectivity index (χ1n) is 6.25. The van der Waals surface area contributed by atoms with Crippen LogP contribution < -0.4 is 0 Å². The largest absolute Gasteiger partial charge is 0.0961 e. The molecule has 0 heteroatoms. The number of rotatable bonds is 4. The first kappa shape index (κ1) is 14.2. The Morgan fingerprint density at radius 2 is 1.67 bits per heavy atom. The molecule has 0 saturated heterocycles. The minimum Gasteiger partial charge on any atom is -0.0961 e. The van der Waals surface area contributed by atoms with Crippen LogP contribution in [0.25, 0.3) is 6.08 Å². The molecule has 0 bridgehead atoms. The van der Waals surface area contributed by atoms with Crippen molar-refractivity contribution in [2.75, 3.05) is 0 Å². The number of aryl methyl sites for hydroxylation is 2. The monoisotopic (exact) mass is 238 g/mol. The summed E-state index contributed by atoms with van der Waals surface area (Å²) in [5.74, 6) is 0. The summed E-state index contributed by atoms with van der Waals surface area (Å²) in [6.07, 6.45) is 10.5. The average Bonchev–Trinajstić information content (AvgIpc) is 2.27. The van der Waals surface area contributed by atoms with Gasteiger partial charge in [-0.05, 0) is 44.4 Å². The number of benzene rings is 1. The van der Waals surface area contributed by atoms with Gasteiger partial charge < -0.3 is 0 Å². The van der Waals surface area contributed by atoms with E-state index in [9.17, 15) is 0 Å². The Labute approximate surface area is 111 Å². The zero-order chi connectivity index (χ0) is 13.5. The van der Waals surface area contributed by atoms with Crippen molar-refractivity contribution >= 4 is 6.08 Å². The highest BCUT2D eigenvalue weighted by atomic mass is 14.0. The molecule has 0 amide bonds. The smallest absolute Gasteiger partial charge is 0.0198 e. The summed E-state index contributed by atoms with van der Waals surface area (Å²) in [4.78, 5) is 0. The average molecular weight is 238 g/mol. The van der Waals surface area contributed by atoms with Crippen molar-refractivity contribution in [1.29, 1.82) is 0 Å². The van der Waals surface area contributed by atoms with Crippen LogP contribution in [0.3, 0.4) is 0 Å². The first-order valence-corrected chi connectivity index (χ1v) is 6.25. The van der Waals surface area contributed by atoms with Crippen LogP contribution in [0, 0.1) is 13.8 Å². The lowest BCUT2D eigenvalue weighted by Gasteiger charge is -2.04. The topological polar surface area (TPSA) is 0 Å². The number of hydrogen-bond acceptors (Lipinski definition) is 0. The summed E-state index contributed by atoms with van der Waals surface area (Å²) in [6.45, 7) is 12.2. The van der Waals surface area contributed by atoms with Gasteiger partial charge in [0.25, 0.3) is 0 Å². The van der Waals surface area contributed by atoms with Crippen LogP contribution in [0.1, 0.15) is 30.5 Å². The molecule has 0 radical (unpaired) electrons. The Morgan fingerprint density at radius 1 is 1.06 bits per heavy atom. The highest BCUT2D eigenvalue weighted by Gasteiger charge is 1.96. The molecule has 0 aliphatic heterocycles. The maximum absolute atomic E-state index is 3.83. The molecule has 0 aliphatic carbocycles. The quantitative estimate of drug-likeness (QED) is 0.616. The van der Waals surface area contributed by atoms with E-state index in [1.807, 2.05) is 19.1 Å². The summed E-state index contributed by atoms with van der Waals surface area (Å²) < 4.78 is 0. The van der Waals surface area contributed by atoms with E-state index < -0.39 is 0 Å². The maximum atomic E-state index is 3.83. The molecule has 0 fully saturated rings. The molecule has 0 atom stereocenters. The lowest BCUT2D eigenvalue weighted by molar-refractivity contribution is 1.35. The van der Waals surface area contributed by atoms with E-state index in [4.69, 9.17) is 0 Å². The first-order chi connectivity index (χ1) is 8.50. The molecule has 94 valence electrons. The lowest BCUT2D eigenvalue weighted by Crippen LogP contribution is -1.84. The maximum Gasteiger partial charge on any atom is -0.0198 e. The fourth-order valence-electron chi connectivity index (χ4n) is 1.72. The summed E-state index contributed by atoms with van der Waals surface area (Å²) in [5.41, 5.74) is 6.25. The van der Waals surface area contributed by atoms with Crippen LogP contribution in [0.2, 0.25) is 0 Å². The van der Waals surface area contributed by atoms with Crippen molar-refractivity contribution in [1.82, 2.24) is 0 Å². The van der Waals surface area contributed by atoms with Crippen molar-refractivity contribution in [3.05, 3.63) is 76.9 Å². The molecule has 1 rings (SSSR count). The van der Waals surface area contributed by atoms with Crippen molar-refractivity contribution in [2.45, 2.75) is 27.7 Å². The van der Waals surface area contributed by atoms with E-state index in [0.717, 1.165) is 5.57 Å². The van der Waals surface area contributed by atoms with E-state index in [1.54, 1.807) is 0 Å². The molecule has 0 heterocycles. The molecule has 0 aromatic heterocycles. The van der Waals surface area contributed by atoms with E-state index in [-0.39, 0.29) is 0 Å². The summed E-state index contributed by atoms with van der Waals surface area (Å²) in [5, 5.41) is 0. The van der Waals surface area contributed by atoms with Gasteiger partial charge >= 0.3 is 0 Å². The minimum absolute atomic E-state index is 1.07. The van der Waals surface area contributed by atoms with Gasteiger partial charge in [-0.25, -0.2) is 0 Å². The Kier molecular flexibility index (Phi) is 5.38. The second-order valence-electron chi connectivity index (χ2n) is 4.75. The van der Waals surface area contributed by atoms with Gasteiger partial charge in [-0.1, -0.05) is 66.3 Å². The van der Waals surface area contributed by atoms with Crippen LogP contribution in [0.15, 0.2) is 60.2 Å². The van der Waals surface area contributed by atoms with Crippen LogP contribution in [0.4, 0.5) is 0 Å². The van der Waals surface area contributed by atoms with Gasteiger partial charge in [0.2, 0.25) is 0 Å². The van der Waals surface area contributed by atoms with Gasteiger partial charge in [0.05, 0.1) is 0 Å². The Bertz CT molecular complexity index is 491. The van der Waals surface area contributed by atoms with Gasteiger partial charge in [0.15, 0.2) is 0 Å². The van der Waals surface area contributed by atoms with Crippen LogP contribution >= 0.6 is 0 Å². The molecule has 0 aliphatic rings. The fraction of sp³-hybridized carbons (Fsp3) is 0.222. The molecular weight excluding hydrogens is 216 g/mol. The molecule has 0 unspecified atom stereocenters. The second kappa shape index (κ2) is 6.80. The Hall–Kier alpha value is -1.82. The zero-order valence-corrected chi connectivity index (χ0v) is 11.8. The molecule has 1 aromatic rings. The molecular formula is C18H22. The minimum atomic E-state index is 1.07. The van der Waals surface area contributed by atoms with Crippen LogP contribution in [-0.4, -0.2) is 0 Å². The highest BCUT2D eigenvalue weighted by Crippen LogP contribution is 2.15. The van der Waals surface area contributed by atoms with E-state index in [2.05, 4.69) is 63.8 Å². The van der Waals surface area contributed by atoms with E-state index in [1.165, 1.54) is 22.3 Å². The predicted molar refractivity (Wildman–Crippen MR) is 82.7 cm³/mol. The summed E-state index contributed by atoms with van der Waals surface area (Å²) in [7, 11) is 0. The zero-order valence-electron chi connectivity index (χ0n) is 11.8. The summed E-state index contributed by atoms with van der Waals surface area (Å²) >= 11 is 0. The van der Waals surface area contributed by atoms with Crippen LogP contribution in [-0.2, 0) is 0 Å². The van der Waals surface area contributed by atoms with Crippen LogP contribution in [0.5, 0.6) is 0 Å². The van der Waals surface area contributed by atoms with Crippen molar-refractivity contribution in [3.8, 4) is 0 Å². The van der Waals surface area contributed by atoms with Gasteiger partial charge in [-0.3, -0.25) is 0 Å². The summed E-state index contributed by atoms with van der Waals surface area (Å²) in [6, 6.07) is 6.39.